The standard InChI is InChI=1S/C18H25N3O3/c22-17(21-12-6-3-7-15(21)18(23)24)14-8-9-16(19-13-14)20-10-4-1-2-5-11-20/h8-9,13,15H,1-7,10-12H2,(H,23,24)/t15-/m0/s1. The van der Waals surface area contributed by atoms with Gasteiger partial charge in [0.2, 0.25) is 0 Å². The van der Waals surface area contributed by atoms with Gasteiger partial charge >= 0.3 is 5.97 Å². The van der Waals surface area contributed by atoms with Crippen LogP contribution in [0.25, 0.3) is 0 Å². The fourth-order valence-corrected chi connectivity index (χ4v) is 3.60. The number of nitrogens with zero attached hydrogens (tertiary/aromatic N) is 3. The van der Waals surface area contributed by atoms with Crippen molar-refractivity contribution in [1.82, 2.24) is 9.88 Å². The van der Waals surface area contributed by atoms with E-state index in [4.69, 9.17) is 0 Å². The molecule has 130 valence electrons. The van der Waals surface area contributed by atoms with Crippen molar-refractivity contribution in [2.75, 3.05) is 24.5 Å². The molecule has 0 spiro atoms. The molecule has 0 saturated carbocycles. The van der Waals surface area contributed by atoms with Crippen LogP contribution in [0.15, 0.2) is 18.3 Å². The highest BCUT2D eigenvalue weighted by Crippen LogP contribution is 2.21. The predicted molar refractivity (Wildman–Crippen MR) is 91.2 cm³/mol. The van der Waals surface area contributed by atoms with Gasteiger partial charge in [0.25, 0.3) is 5.91 Å². The fraction of sp³-hybridized carbons (Fsp3) is 0.611. The number of aliphatic carboxylic acids is 1. The highest BCUT2D eigenvalue weighted by atomic mass is 16.4. The van der Waals surface area contributed by atoms with Gasteiger partial charge in [-0.15, -0.1) is 0 Å². The van der Waals surface area contributed by atoms with Crippen LogP contribution in [0.5, 0.6) is 0 Å². The number of anilines is 1. The molecule has 6 heteroatoms. The lowest BCUT2D eigenvalue weighted by molar-refractivity contribution is -0.143. The lowest BCUT2D eigenvalue weighted by Crippen LogP contribution is -2.48. The van der Waals surface area contributed by atoms with Crippen molar-refractivity contribution in [1.29, 1.82) is 0 Å². The summed E-state index contributed by atoms with van der Waals surface area (Å²) < 4.78 is 0. The topological polar surface area (TPSA) is 73.7 Å². The Hall–Kier alpha value is -2.11. The molecule has 1 N–H and O–H groups in total. The first-order valence-electron chi connectivity index (χ1n) is 8.91. The Morgan fingerprint density at radius 3 is 2.33 bits per heavy atom. The molecule has 1 atom stereocenters. The number of rotatable bonds is 3. The molecule has 3 heterocycles. The third-order valence-corrected chi connectivity index (χ3v) is 4.97. The van der Waals surface area contributed by atoms with Gasteiger partial charge in [-0.3, -0.25) is 4.79 Å². The maximum atomic E-state index is 12.7. The van der Waals surface area contributed by atoms with Crippen LogP contribution in [0, 0.1) is 0 Å². The summed E-state index contributed by atoms with van der Waals surface area (Å²) in [6, 6.07) is 2.96. The summed E-state index contributed by atoms with van der Waals surface area (Å²) in [5.74, 6) is -0.240. The Bertz CT molecular complexity index is 580. The summed E-state index contributed by atoms with van der Waals surface area (Å²) in [6.07, 6.45) is 8.71. The maximum absolute atomic E-state index is 12.7. The highest BCUT2D eigenvalue weighted by molar-refractivity contribution is 5.96. The molecule has 0 aromatic carbocycles. The van der Waals surface area contributed by atoms with Gasteiger partial charge in [-0.05, 0) is 44.2 Å². The number of carbonyl (C=O) groups excluding carboxylic acids is 1. The van der Waals surface area contributed by atoms with Gasteiger partial charge in [0.15, 0.2) is 0 Å². The average Bonchev–Trinajstić information content (AvgIpc) is 2.90. The zero-order valence-corrected chi connectivity index (χ0v) is 14.0. The Kier molecular flexibility index (Phi) is 5.33. The summed E-state index contributed by atoms with van der Waals surface area (Å²) in [6.45, 7) is 2.52. The summed E-state index contributed by atoms with van der Waals surface area (Å²) >= 11 is 0. The number of carboxylic acids is 1. The molecule has 3 rings (SSSR count). The van der Waals surface area contributed by atoms with E-state index in [1.807, 2.05) is 6.07 Å². The number of hydrogen-bond acceptors (Lipinski definition) is 4. The highest BCUT2D eigenvalue weighted by Gasteiger charge is 2.32. The molecule has 1 aromatic rings. The molecule has 2 aliphatic rings. The molecule has 2 saturated heterocycles. The van der Waals surface area contributed by atoms with Crippen LogP contribution >= 0.6 is 0 Å². The molecule has 0 radical (unpaired) electrons. The van der Waals surface area contributed by atoms with Crippen LogP contribution in [0.3, 0.4) is 0 Å². The Morgan fingerprint density at radius 1 is 1.00 bits per heavy atom. The Balaban J connectivity index is 1.72. The van der Waals surface area contributed by atoms with Gasteiger partial charge in [0.05, 0.1) is 5.56 Å². The molecule has 2 fully saturated rings. The molecule has 0 unspecified atom stereocenters. The molecular formula is C18H25N3O3. The predicted octanol–water partition coefficient (Wildman–Crippen LogP) is 2.54. The van der Waals surface area contributed by atoms with Crippen molar-refractivity contribution >= 4 is 17.7 Å². The van der Waals surface area contributed by atoms with Crippen molar-refractivity contribution in [2.24, 2.45) is 0 Å². The number of likely N-dealkylation sites (tertiary alicyclic amines) is 1. The van der Waals surface area contributed by atoms with Gasteiger partial charge in [0, 0.05) is 25.8 Å². The van der Waals surface area contributed by atoms with Gasteiger partial charge in [-0.2, -0.15) is 0 Å². The number of carboxylic acid groups (broad SMARTS) is 1. The second-order valence-corrected chi connectivity index (χ2v) is 6.65. The fourth-order valence-electron chi connectivity index (χ4n) is 3.60. The van der Waals surface area contributed by atoms with Crippen molar-refractivity contribution < 1.29 is 14.7 Å². The molecule has 2 aliphatic heterocycles. The molecule has 1 amide bonds. The summed E-state index contributed by atoms with van der Waals surface area (Å²) in [4.78, 5) is 32.3. The van der Waals surface area contributed by atoms with E-state index < -0.39 is 12.0 Å². The molecular weight excluding hydrogens is 306 g/mol. The minimum absolute atomic E-state index is 0.225. The van der Waals surface area contributed by atoms with Crippen LogP contribution in [-0.2, 0) is 4.79 Å². The Morgan fingerprint density at radius 2 is 1.71 bits per heavy atom. The SMILES string of the molecule is O=C(O)[C@@H]1CCCCN1C(=O)c1ccc(N2CCCCCC2)nc1. The molecule has 0 aliphatic carbocycles. The number of hydrogen-bond donors (Lipinski definition) is 1. The van der Waals surface area contributed by atoms with Gasteiger partial charge in [0.1, 0.15) is 11.9 Å². The van der Waals surface area contributed by atoms with Crippen LogP contribution in [-0.4, -0.2) is 52.5 Å². The van der Waals surface area contributed by atoms with Crippen molar-refractivity contribution in [2.45, 2.75) is 51.0 Å². The Labute approximate surface area is 142 Å². The minimum Gasteiger partial charge on any atom is -0.480 e. The summed E-state index contributed by atoms with van der Waals surface area (Å²) in [7, 11) is 0. The summed E-state index contributed by atoms with van der Waals surface area (Å²) in [5.41, 5.74) is 0.474. The number of aromatic nitrogens is 1. The first-order chi connectivity index (χ1) is 11.7. The van der Waals surface area contributed by atoms with E-state index in [1.165, 1.54) is 30.6 Å². The van der Waals surface area contributed by atoms with E-state index in [0.717, 1.165) is 31.7 Å². The smallest absolute Gasteiger partial charge is 0.326 e. The number of piperidine rings is 1. The lowest BCUT2D eigenvalue weighted by atomic mass is 10.0. The molecule has 6 nitrogen and oxygen atoms in total. The normalized spacial score (nSPS) is 22.1. The first kappa shape index (κ1) is 16.7. The van der Waals surface area contributed by atoms with Crippen molar-refractivity contribution in [3.63, 3.8) is 0 Å². The lowest BCUT2D eigenvalue weighted by Gasteiger charge is -2.33. The molecule has 24 heavy (non-hydrogen) atoms. The largest absolute Gasteiger partial charge is 0.480 e. The number of carbonyl (C=O) groups is 2. The zero-order valence-electron chi connectivity index (χ0n) is 14.0. The van der Waals surface area contributed by atoms with E-state index in [-0.39, 0.29) is 5.91 Å². The van der Waals surface area contributed by atoms with Crippen LogP contribution in [0.2, 0.25) is 0 Å². The van der Waals surface area contributed by atoms with Crippen molar-refractivity contribution in [3.8, 4) is 0 Å². The molecule has 0 bridgehead atoms. The second-order valence-electron chi connectivity index (χ2n) is 6.65. The van der Waals surface area contributed by atoms with Gasteiger partial charge < -0.3 is 14.9 Å². The zero-order chi connectivity index (χ0) is 16.9. The van der Waals surface area contributed by atoms with E-state index in [1.54, 1.807) is 12.3 Å². The number of pyridine rings is 1. The van der Waals surface area contributed by atoms with E-state index in [0.29, 0.717) is 18.5 Å². The van der Waals surface area contributed by atoms with Gasteiger partial charge in [-0.25, -0.2) is 9.78 Å². The van der Waals surface area contributed by atoms with E-state index >= 15 is 0 Å². The average molecular weight is 331 g/mol. The first-order valence-corrected chi connectivity index (χ1v) is 8.91. The van der Waals surface area contributed by atoms with Gasteiger partial charge in [-0.1, -0.05) is 12.8 Å². The van der Waals surface area contributed by atoms with Crippen molar-refractivity contribution in [3.05, 3.63) is 23.9 Å². The van der Waals surface area contributed by atoms with Crippen LogP contribution < -0.4 is 4.90 Å². The van der Waals surface area contributed by atoms with E-state index in [9.17, 15) is 14.7 Å². The maximum Gasteiger partial charge on any atom is 0.326 e. The monoisotopic (exact) mass is 331 g/mol. The van der Waals surface area contributed by atoms with Crippen LogP contribution in [0.1, 0.15) is 55.3 Å². The van der Waals surface area contributed by atoms with E-state index in [2.05, 4.69) is 9.88 Å². The third kappa shape index (κ3) is 3.68. The minimum atomic E-state index is -0.919. The number of amides is 1. The summed E-state index contributed by atoms with van der Waals surface area (Å²) in [5, 5.41) is 9.33. The van der Waals surface area contributed by atoms with Crippen LogP contribution in [0.4, 0.5) is 5.82 Å². The second kappa shape index (κ2) is 7.64. The third-order valence-electron chi connectivity index (χ3n) is 4.97. The quantitative estimate of drug-likeness (QED) is 0.921. The molecule has 1 aromatic heterocycles.